The molecule has 1 aliphatic carbocycles. The van der Waals surface area contributed by atoms with Crippen molar-refractivity contribution in [3.8, 4) is 5.75 Å². The molecule has 2 nitrogen and oxygen atoms in total. The fourth-order valence-corrected chi connectivity index (χ4v) is 1.95. The van der Waals surface area contributed by atoms with Crippen molar-refractivity contribution in [2.75, 3.05) is 0 Å². The number of hydrogen-bond donors (Lipinski definition) is 1. The summed E-state index contributed by atoms with van der Waals surface area (Å²) in [5.41, 5.74) is 6.67. The summed E-state index contributed by atoms with van der Waals surface area (Å²) in [6.45, 7) is 0.572. The highest BCUT2D eigenvalue weighted by molar-refractivity contribution is 9.10. The van der Waals surface area contributed by atoms with Crippen molar-refractivity contribution in [1.29, 1.82) is 0 Å². The van der Waals surface area contributed by atoms with E-state index in [-0.39, 0.29) is 0 Å². The van der Waals surface area contributed by atoms with Gasteiger partial charge >= 0.3 is 0 Å². The van der Waals surface area contributed by atoms with Gasteiger partial charge in [-0.2, -0.15) is 0 Å². The highest BCUT2D eigenvalue weighted by Gasteiger charge is 2.19. The third-order valence-electron chi connectivity index (χ3n) is 2.58. The van der Waals surface area contributed by atoms with E-state index in [1.54, 1.807) is 0 Å². The van der Waals surface area contributed by atoms with Crippen molar-refractivity contribution >= 4 is 15.9 Å². The van der Waals surface area contributed by atoms with E-state index in [1.807, 2.05) is 18.2 Å². The molecule has 0 aromatic heterocycles. The van der Waals surface area contributed by atoms with Gasteiger partial charge in [-0.1, -0.05) is 6.07 Å². The summed E-state index contributed by atoms with van der Waals surface area (Å²) in [6.07, 6.45) is 4.09. The predicted octanol–water partition coefficient (Wildman–Crippen LogP) is 2.84. The van der Waals surface area contributed by atoms with Crippen molar-refractivity contribution in [3.63, 3.8) is 0 Å². The van der Waals surface area contributed by atoms with Crippen LogP contribution in [0.2, 0.25) is 0 Å². The lowest BCUT2D eigenvalue weighted by atomic mass is 9.96. The first-order chi connectivity index (χ1) is 6.79. The number of benzene rings is 1. The van der Waals surface area contributed by atoms with Crippen molar-refractivity contribution in [2.24, 2.45) is 5.73 Å². The first-order valence-corrected chi connectivity index (χ1v) is 5.74. The number of ether oxygens (including phenoxy) is 1. The highest BCUT2D eigenvalue weighted by Crippen LogP contribution is 2.31. The molecule has 0 aliphatic heterocycles. The number of halogens is 1. The molecule has 0 amide bonds. The van der Waals surface area contributed by atoms with E-state index in [0.717, 1.165) is 15.8 Å². The van der Waals surface area contributed by atoms with Crippen LogP contribution in [0.15, 0.2) is 22.7 Å². The maximum absolute atomic E-state index is 5.79. The van der Waals surface area contributed by atoms with Gasteiger partial charge in [-0.25, -0.2) is 0 Å². The van der Waals surface area contributed by atoms with E-state index in [9.17, 15) is 0 Å². The largest absolute Gasteiger partial charge is 0.489 e. The highest BCUT2D eigenvalue weighted by atomic mass is 79.9. The minimum atomic E-state index is 0.426. The Hall–Kier alpha value is -0.540. The summed E-state index contributed by atoms with van der Waals surface area (Å²) in [5, 5.41) is 0. The molecule has 3 heteroatoms. The topological polar surface area (TPSA) is 35.2 Å². The molecule has 1 aromatic rings. The van der Waals surface area contributed by atoms with E-state index >= 15 is 0 Å². The van der Waals surface area contributed by atoms with Crippen LogP contribution in [0.1, 0.15) is 24.8 Å². The van der Waals surface area contributed by atoms with Crippen molar-refractivity contribution in [1.82, 2.24) is 0 Å². The molecule has 0 bridgehead atoms. The van der Waals surface area contributed by atoms with Crippen LogP contribution in [-0.2, 0) is 6.54 Å². The second kappa shape index (κ2) is 4.32. The summed E-state index contributed by atoms with van der Waals surface area (Å²) < 4.78 is 6.80. The summed E-state index contributed by atoms with van der Waals surface area (Å²) in [4.78, 5) is 0. The van der Waals surface area contributed by atoms with E-state index < -0.39 is 0 Å². The summed E-state index contributed by atoms with van der Waals surface area (Å²) in [7, 11) is 0. The fraction of sp³-hybridized carbons (Fsp3) is 0.455. The standard InChI is InChI=1S/C11H14BrNO/c12-10-6-8(7-13)4-5-11(10)14-9-2-1-3-9/h4-6,9H,1-3,7,13H2. The minimum Gasteiger partial charge on any atom is -0.489 e. The molecule has 2 rings (SSSR count). The van der Waals surface area contributed by atoms with E-state index in [0.29, 0.717) is 12.6 Å². The van der Waals surface area contributed by atoms with Crippen LogP contribution in [-0.4, -0.2) is 6.10 Å². The Balaban J connectivity index is 2.09. The molecule has 14 heavy (non-hydrogen) atoms. The van der Waals surface area contributed by atoms with Gasteiger partial charge in [-0.3, -0.25) is 0 Å². The molecule has 1 aromatic carbocycles. The van der Waals surface area contributed by atoms with Crippen LogP contribution in [0.5, 0.6) is 5.75 Å². The van der Waals surface area contributed by atoms with Gasteiger partial charge in [0.05, 0.1) is 10.6 Å². The Morgan fingerprint density at radius 1 is 1.43 bits per heavy atom. The molecule has 0 radical (unpaired) electrons. The van der Waals surface area contributed by atoms with Crippen LogP contribution in [0.25, 0.3) is 0 Å². The molecule has 0 unspecified atom stereocenters. The zero-order valence-electron chi connectivity index (χ0n) is 8.00. The Labute approximate surface area is 92.6 Å². The molecule has 2 N–H and O–H groups in total. The normalized spacial score (nSPS) is 16.4. The van der Waals surface area contributed by atoms with E-state index in [1.165, 1.54) is 19.3 Å². The molecule has 76 valence electrons. The van der Waals surface area contributed by atoms with Crippen LogP contribution >= 0.6 is 15.9 Å². The summed E-state index contributed by atoms with van der Waals surface area (Å²) in [5.74, 6) is 0.937. The van der Waals surface area contributed by atoms with Crippen LogP contribution in [0.3, 0.4) is 0 Å². The van der Waals surface area contributed by atoms with Crippen LogP contribution in [0, 0.1) is 0 Å². The predicted molar refractivity (Wildman–Crippen MR) is 60.3 cm³/mol. The van der Waals surface area contributed by atoms with Gasteiger partial charge in [0.25, 0.3) is 0 Å². The molecule has 0 saturated heterocycles. The maximum Gasteiger partial charge on any atom is 0.133 e. The molecule has 0 heterocycles. The Morgan fingerprint density at radius 3 is 2.71 bits per heavy atom. The average molecular weight is 256 g/mol. The molecule has 1 aliphatic rings. The monoisotopic (exact) mass is 255 g/mol. The van der Waals surface area contributed by atoms with Gasteiger partial charge in [0, 0.05) is 6.54 Å². The SMILES string of the molecule is NCc1ccc(OC2CCC2)c(Br)c1. The van der Waals surface area contributed by atoms with Crippen molar-refractivity contribution < 1.29 is 4.74 Å². The number of rotatable bonds is 3. The minimum absolute atomic E-state index is 0.426. The lowest BCUT2D eigenvalue weighted by Gasteiger charge is -2.26. The van der Waals surface area contributed by atoms with Gasteiger partial charge in [0.15, 0.2) is 0 Å². The summed E-state index contributed by atoms with van der Waals surface area (Å²) >= 11 is 3.49. The lowest BCUT2D eigenvalue weighted by Crippen LogP contribution is -2.24. The lowest BCUT2D eigenvalue weighted by molar-refractivity contribution is 0.119. The first-order valence-electron chi connectivity index (χ1n) is 4.95. The average Bonchev–Trinajstić information content (AvgIpc) is 2.13. The molecular weight excluding hydrogens is 242 g/mol. The summed E-state index contributed by atoms with van der Waals surface area (Å²) in [6, 6.07) is 6.03. The quantitative estimate of drug-likeness (QED) is 0.902. The Kier molecular flexibility index (Phi) is 3.08. The molecule has 1 saturated carbocycles. The second-order valence-corrected chi connectivity index (χ2v) is 4.49. The van der Waals surface area contributed by atoms with Gasteiger partial charge in [0.1, 0.15) is 5.75 Å². The molecule has 0 spiro atoms. The van der Waals surface area contributed by atoms with Gasteiger partial charge in [0.2, 0.25) is 0 Å². The van der Waals surface area contributed by atoms with Gasteiger partial charge in [-0.15, -0.1) is 0 Å². The second-order valence-electron chi connectivity index (χ2n) is 3.64. The number of nitrogens with two attached hydrogens (primary N) is 1. The van der Waals surface area contributed by atoms with E-state index in [4.69, 9.17) is 10.5 Å². The fourth-order valence-electron chi connectivity index (χ4n) is 1.44. The van der Waals surface area contributed by atoms with Crippen LogP contribution < -0.4 is 10.5 Å². The molecule has 1 fully saturated rings. The third-order valence-corrected chi connectivity index (χ3v) is 3.20. The smallest absolute Gasteiger partial charge is 0.133 e. The zero-order chi connectivity index (χ0) is 9.97. The number of hydrogen-bond acceptors (Lipinski definition) is 2. The third kappa shape index (κ3) is 2.10. The Morgan fingerprint density at radius 2 is 2.21 bits per heavy atom. The molecular formula is C11H14BrNO. The Bertz CT molecular complexity index is 323. The van der Waals surface area contributed by atoms with Gasteiger partial charge < -0.3 is 10.5 Å². The maximum atomic E-state index is 5.79. The first kappa shape index (κ1) is 9.99. The van der Waals surface area contributed by atoms with Crippen LogP contribution in [0.4, 0.5) is 0 Å². The van der Waals surface area contributed by atoms with E-state index in [2.05, 4.69) is 15.9 Å². The van der Waals surface area contributed by atoms with Crippen molar-refractivity contribution in [2.45, 2.75) is 31.9 Å². The van der Waals surface area contributed by atoms with Crippen molar-refractivity contribution in [3.05, 3.63) is 28.2 Å². The van der Waals surface area contributed by atoms with Gasteiger partial charge in [-0.05, 0) is 52.9 Å². The zero-order valence-corrected chi connectivity index (χ0v) is 9.59. The molecule has 0 atom stereocenters.